The Balaban J connectivity index is 4.23. The summed E-state index contributed by atoms with van der Waals surface area (Å²) in [4.78, 5) is 9.92. The predicted molar refractivity (Wildman–Crippen MR) is 38.4 cm³/mol. The molecule has 0 aromatic carbocycles. The molecule has 0 aliphatic heterocycles. The summed E-state index contributed by atoms with van der Waals surface area (Å²) in [5, 5.41) is 8.13. The van der Waals surface area contributed by atoms with Crippen LogP contribution in [0.2, 0.25) is 0 Å². The molecule has 5 heteroatoms. The summed E-state index contributed by atoms with van der Waals surface area (Å²) in [6.07, 6.45) is 0. The van der Waals surface area contributed by atoms with Gasteiger partial charge in [-0.05, 0) is 31.9 Å². The van der Waals surface area contributed by atoms with Crippen LogP contribution in [-0.2, 0) is 4.79 Å². The van der Waals surface area contributed by atoms with E-state index in [0.29, 0.717) is 0 Å². The molecule has 0 fully saturated rings. The SMILES string of the molecule is O=C(O)/C(Br)=C(\Cl)Br. The van der Waals surface area contributed by atoms with Gasteiger partial charge in [0.1, 0.15) is 8.42 Å². The first-order chi connectivity index (χ1) is 3.55. The quantitative estimate of drug-likeness (QED) is 0.738. The van der Waals surface area contributed by atoms with Crippen molar-refractivity contribution >= 4 is 49.4 Å². The van der Waals surface area contributed by atoms with E-state index in [2.05, 4.69) is 31.9 Å². The highest BCUT2D eigenvalue weighted by atomic mass is 79.9. The first-order valence-electron chi connectivity index (χ1n) is 1.49. The van der Waals surface area contributed by atoms with E-state index in [9.17, 15) is 4.79 Å². The summed E-state index contributed by atoms with van der Waals surface area (Å²) in [7, 11) is 0. The maximum atomic E-state index is 9.92. The summed E-state index contributed by atoms with van der Waals surface area (Å²) in [6.45, 7) is 0. The van der Waals surface area contributed by atoms with Gasteiger partial charge in [-0.3, -0.25) is 0 Å². The molecule has 0 aliphatic carbocycles. The van der Waals surface area contributed by atoms with Gasteiger partial charge in [0.2, 0.25) is 0 Å². The fourth-order valence-electron chi connectivity index (χ4n) is 0.0808. The van der Waals surface area contributed by atoms with E-state index in [-0.39, 0.29) is 8.42 Å². The maximum Gasteiger partial charge on any atom is 0.344 e. The number of carboxylic acid groups (broad SMARTS) is 1. The lowest BCUT2D eigenvalue weighted by Gasteiger charge is -1.86. The van der Waals surface area contributed by atoms with Crippen LogP contribution in [0.15, 0.2) is 8.42 Å². The van der Waals surface area contributed by atoms with Crippen molar-refractivity contribution in [3.05, 3.63) is 8.42 Å². The minimum Gasteiger partial charge on any atom is -0.477 e. The molecule has 0 atom stereocenters. The second-order valence-electron chi connectivity index (χ2n) is 0.880. The molecule has 0 spiro atoms. The highest BCUT2D eigenvalue weighted by Crippen LogP contribution is 2.20. The highest BCUT2D eigenvalue weighted by Gasteiger charge is 2.04. The van der Waals surface area contributed by atoms with Crippen LogP contribution in [0.4, 0.5) is 0 Å². The number of hydrogen-bond acceptors (Lipinski definition) is 1. The standard InChI is InChI=1S/C3HBr2ClO2/c4-1(2(5)6)3(7)8/h(H,7,8)/b2-1+. The molecular weight excluding hydrogens is 263 g/mol. The summed E-state index contributed by atoms with van der Waals surface area (Å²) >= 11 is 10.7. The van der Waals surface area contributed by atoms with Gasteiger partial charge in [0.25, 0.3) is 0 Å². The Hall–Kier alpha value is 0.460. The average Bonchev–Trinajstić information content (AvgIpc) is 1.64. The summed E-state index contributed by atoms with van der Waals surface area (Å²) in [5.74, 6) is -1.09. The van der Waals surface area contributed by atoms with Gasteiger partial charge in [-0.15, -0.1) is 0 Å². The molecule has 0 heterocycles. The summed E-state index contributed by atoms with van der Waals surface area (Å²) < 4.78 is -0.0100. The zero-order valence-corrected chi connectivity index (χ0v) is 7.42. The molecule has 46 valence electrons. The molecule has 0 amide bonds. The molecule has 0 unspecified atom stereocenters. The fourth-order valence-corrected chi connectivity index (χ4v) is 0.331. The molecule has 0 saturated carbocycles. The van der Waals surface area contributed by atoms with E-state index in [1.165, 1.54) is 0 Å². The van der Waals surface area contributed by atoms with E-state index in [1.807, 2.05) is 0 Å². The van der Waals surface area contributed by atoms with Crippen LogP contribution in [-0.4, -0.2) is 11.1 Å². The zero-order valence-electron chi connectivity index (χ0n) is 3.49. The number of hydrogen-bond donors (Lipinski definition) is 1. The summed E-state index contributed by atoms with van der Waals surface area (Å²) in [5.41, 5.74) is 0. The Morgan fingerprint density at radius 1 is 1.50 bits per heavy atom. The molecule has 0 bridgehead atoms. The van der Waals surface area contributed by atoms with E-state index in [1.54, 1.807) is 0 Å². The van der Waals surface area contributed by atoms with Crippen LogP contribution in [0.25, 0.3) is 0 Å². The van der Waals surface area contributed by atoms with Crippen molar-refractivity contribution in [2.24, 2.45) is 0 Å². The van der Waals surface area contributed by atoms with Gasteiger partial charge in [0.15, 0.2) is 0 Å². The first kappa shape index (κ1) is 8.46. The molecule has 1 N–H and O–H groups in total. The molecule has 0 saturated heterocycles. The van der Waals surface area contributed by atoms with Gasteiger partial charge >= 0.3 is 5.97 Å². The number of rotatable bonds is 1. The van der Waals surface area contributed by atoms with Crippen molar-refractivity contribution in [1.82, 2.24) is 0 Å². The normalized spacial score (nSPS) is 12.9. The number of carboxylic acids is 1. The second kappa shape index (κ2) is 3.48. The molecule has 0 rings (SSSR count). The third-order valence-electron chi connectivity index (χ3n) is 0.354. The minimum absolute atomic E-state index is 0.0602. The Bertz CT molecular complexity index is 138. The molecule has 0 aromatic heterocycles. The average molecular weight is 264 g/mol. The largest absolute Gasteiger partial charge is 0.477 e. The maximum absolute atomic E-state index is 9.92. The first-order valence-corrected chi connectivity index (χ1v) is 3.46. The van der Waals surface area contributed by atoms with E-state index in [0.717, 1.165) is 0 Å². The van der Waals surface area contributed by atoms with Crippen molar-refractivity contribution in [3.8, 4) is 0 Å². The van der Waals surface area contributed by atoms with Crippen LogP contribution >= 0.6 is 43.5 Å². The molecule has 2 nitrogen and oxygen atoms in total. The Morgan fingerprint density at radius 2 is 1.88 bits per heavy atom. The van der Waals surface area contributed by atoms with Crippen LogP contribution in [0.5, 0.6) is 0 Å². The molecule has 8 heavy (non-hydrogen) atoms. The molecule has 0 aromatic rings. The number of halogens is 3. The molecule has 0 radical (unpaired) electrons. The third-order valence-corrected chi connectivity index (χ3v) is 2.44. The second-order valence-corrected chi connectivity index (χ2v) is 3.30. The smallest absolute Gasteiger partial charge is 0.344 e. The van der Waals surface area contributed by atoms with Crippen LogP contribution in [0.1, 0.15) is 0 Å². The summed E-state index contributed by atoms with van der Waals surface area (Å²) in [6, 6.07) is 0. The van der Waals surface area contributed by atoms with Gasteiger partial charge in [0, 0.05) is 0 Å². The Labute approximate surface area is 67.8 Å². The molecular formula is C3HBr2ClO2. The number of carbonyl (C=O) groups is 1. The predicted octanol–water partition coefficient (Wildman–Crippen LogP) is 2.27. The lowest BCUT2D eigenvalue weighted by atomic mass is 10.7. The molecule has 0 aliphatic rings. The van der Waals surface area contributed by atoms with Crippen LogP contribution < -0.4 is 0 Å². The van der Waals surface area contributed by atoms with Gasteiger partial charge in [-0.2, -0.15) is 0 Å². The van der Waals surface area contributed by atoms with Gasteiger partial charge in [-0.25, -0.2) is 4.79 Å². The highest BCUT2D eigenvalue weighted by molar-refractivity contribution is 9.14. The van der Waals surface area contributed by atoms with E-state index in [4.69, 9.17) is 16.7 Å². The van der Waals surface area contributed by atoms with E-state index < -0.39 is 5.97 Å². The van der Waals surface area contributed by atoms with Crippen molar-refractivity contribution in [2.75, 3.05) is 0 Å². The van der Waals surface area contributed by atoms with Crippen LogP contribution in [0.3, 0.4) is 0 Å². The van der Waals surface area contributed by atoms with Crippen molar-refractivity contribution in [1.29, 1.82) is 0 Å². The monoisotopic (exact) mass is 262 g/mol. The van der Waals surface area contributed by atoms with Gasteiger partial charge in [0.05, 0.1) is 0 Å². The van der Waals surface area contributed by atoms with Crippen molar-refractivity contribution in [2.45, 2.75) is 0 Å². The van der Waals surface area contributed by atoms with E-state index >= 15 is 0 Å². The van der Waals surface area contributed by atoms with Crippen molar-refractivity contribution < 1.29 is 9.90 Å². The fraction of sp³-hybridized carbons (Fsp3) is 0. The van der Waals surface area contributed by atoms with Gasteiger partial charge < -0.3 is 5.11 Å². The zero-order chi connectivity index (χ0) is 6.73. The van der Waals surface area contributed by atoms with Gasteiger partial charge in [-0.1, -0.05) is 11.6 Å². The Morgan fingerprint density at radius 3 is 1.88 bits per heavy atom. The number of aliphatic carboxylic acids is 1. The Kier molecular flexibility index (Phi) is 3.68. The third kappa shape index (κ3) is 2.69. The topological polar surface area (TPSA) is 37.3 Å². The minimum atomic E-state index is -1.09. The van der Waals surface area contributed by atoms with Crippen molar-refractivity contribution in [3.63, 3.8) is 0 Å². The van der Waals surface area contributed by atoms with Crippen LogP contribution in [0, 0.1) is 0 Å². The lowest BCUT2D eigenvalue weighted by molar-refractivity contribution is -0.131. The lowest BCUT2D eigenvalue weighted by Crippen LogP contribution is -1.92.